The average molecular weight is 413 g/mol. The Morgan fingerprint density at radius 1 is 1.41 bits per heavy atom. The average Bonchev–Trinajstić information content (AvgIpc) is 3.31. The number of sulfonamides is 1. The van der Waals surface area contributed by atoms with Gasteiger partial charge < -0.3 is 10.2 Å². The van der Waals surface area contributed by atoms with Crippen molar-refractivity contribution in [3.05, 3.63) is 41.7 Å². The fourth-order valence-corrected chi connectivity index (χ4v) is 4.80. The molecular formula is C17H21FN4O3S2. The Morgan fingerprint density at radius 3 is 3.00 bits per heavy atom. The molecule has 1 unspecified atom stereocenters. The summed E-state index contributed by atoms with van der Waals surface area (Å²) in [6.45, 7) is 1.36. The molecule has 1 amide bonds. The van der Waals surface area contributed by atoms with E-state index in [1.807, 2.05) is 5.38 Å². The molecule has 0 radical (unpaired) electrons. The van der Waals surface area contributed by atoms with Crippen molar-refractivity contribution in [2.75, 3.05) is 24.5 Å². The zero-order valence-electron chi connectivity index (χ0n) is 14.6. The SMILES string of the molecule is O=C(CCNS(=O)(=O)c1cccc(F)c1)NCC1CCCN1c1nccs1. The fraction of sp³-hybridized carbons (Fsp3) is 0.412. The number of benzene rings is 1. The van der Waals surface area contributed by atoms with Crippen LogP contribution in [0.5, 0.6) is 0 Å². The number of anilines is 1. The highest BCUT2D eigenvalue weighted by Gasteiger charge is 2.26. The van der Waals surface area contributed by atoms with E-state index in [-0.39, 0.29) is 29.8 Å². The second-order valence-electron chi connectivity index (χ2n) is 6.21. The predicted molar refractivity (Wildman–Crippen MR) is 102 cm³/mol. The molecule has 1 fully saturated rings. The number of hydrogen-bond donors (Lipinski definition) is 2. The number of nitrogens with one attached hydrogen (secondary N) is 2. The van der Waals surface area contributed by atoms with Crippen LogP contribution in [-0.2, 0) is 14.8 Å². The van der Waals surface area contributed by atoms with Gasteiger partial charge in [-0.2, -0.15) is 0 Å². The predicted octanol–water partition coefficient (Wildman–Crippen LogP) is 1.74. The van der Waals surface area contributed by atoms with Gasteiger partial charge in [0.05, 0.1) is 4.90 Å². The second kappa shape index (κ2) is 8.77. The highest BCUT2D eigenvalue weighted by atomic mass is 32.2. The van der Waals surface area contributed by atoms with E-state index in [2.05, 4.69) is 19.9 Å². The molecule has 146 valence electrons. The van der Waals surface area contributed by atoms with Crippen LogP contribution in [0.3, 0.4) is 0 Å². The molecule has 10 heteroatoms. The van der Waals surface area contributed by atoms with Crippen molar-refractivity contribution in [1.82, 2.24) is 15.0 Å². The van der Waals surface area contributed by atoms with E-state index >= 15 is 0 Å². The van der Waals surface area contributed by atoms with Crippen LogP contribution in [-0.4, -0.2) is 45.0 Å². The van der Waals surface area contributed by atoms with Gasteiger partial charge in [-0.1, -0.05) is 6.07 Å². The summed E-state index contributed by atoms with van der Waals surface area (Å²) in [6, 6.07) is 4.94. The molecule has 0 spiro atoms. The van der Waals surface area contributed by atoms with Crippen LogP contribution in [0.4, 0.5) is 9.52 Å². The lowest BCUT2D eigenvalue weighted by Crippen LogP contribution is -2.41. The van der Waals surface area contributed by atoms with Gasteiger partial charge in [-0.25, -0.2) is 22.5 Å². The molecule has 1 aromatic carbocycles. The van der Waals surface area contributed by atoms with E-state index < -0.39 is 15.8 Å². The van der Waals surface area contributed by atoms with Crippen LogP contribution in [0.15, 0.2) is 40.7 Å². The largest absolute Gasteiger partial charge is 0.354 e. The van der Waals surface area contributed by atoms with Crippen LogP contribution < -0.4 is 14.9 Å². The summed E-state index contributed by atoms with van der Waals surface area (Å²) < 4.78 is 39.7. The Hall–Kier alpha value is -2.04. The highest BCUT2D eigenvalue weighted by molar-refractivity contribution is 7.89. The molecule has 1 aromatic heterocycles. The lowest BCUT2D eigenvalue weighted by atomic mass is 10.2. The second-order valence-corrected chi connectivity index (χ2v) is 8.85. The first-order valence-electron chi connectivity index (χ1n) is 8.64. The quantitative estimate of drug-likeness (QED) is 0.689. The summed E-state index contributed by atoms with van der Waals surface area (Å²) in [5.41, 5.74) is 0. The van der Waals surface area contributed by atoms with E-state index in [1.54, 1.807) is 17.5 Å². The molecule has 1 atom stereocenters. The summed E-state index contributed by atoms with van der Waals surface area (Å²) in [4.78, 5) is 18.4. The van der Waals surface area contributed by atoms with Gasteiger partial charge in [0.15, 0.2) is 5.13 Å². The monoisotopic (exact) mass is 412 g/mol. The molecule has 0 aliphatic carbocycles. The molecule has 0 saturated carbocycles. The van der Waals surface area contributed by atoms with Gasteiger partial charge in [0.2, 0.25) is 15.9 Å². The minimum Gasteiger partial charge on any atom is -0.354 e. The molecule has 1 saturated heterocycles. The van der Waals surface area contributed by atoms with E-state index in [0.717, 1.165) is 30.6 Å². The van der Waals surface area contributed by atoms with Gasteiger partial charge in [-0.05, 0) is 31.0 Å². The molecule has 2 aromatic rings. The van der Waals surface area contributed by atoms with Crippen molar-refractivity contribution in [2.45, 2.75) is 30.2 Å². The molecule has 3 rings (SSSR count). The van der Waals surface area contributed by atoms with Crippen molar-refractivity contribution < 1.29 is 17.6 Å². The minimum absolute atomic E-state index is 0.0124. The number of rotatable bonds is 8. The highest BCUT2D eigenvalue weighted by Crippen LogP contribution is 2.26. The Balaban J connectivity index is 1.43. The number of amides is 1. The number of hydrogen-bond acceptors (Lipinski definition) is 6. The van der Waals surface area contributed by atoms with Gasteiger partial charge in [-0.15, -0.1) is 11.3 Å². The van der Waals surface area contributed by atoms with Crippen LogP contribution in [0.2, 0.25) is 0 Å². The van der Waals surface area contributed by atoms with Crippen molar-refractivity contribution in [2.24, 2.45) is 0 Å². The van der Waals surface area contributed by atoms with Crippen LogP contribution in [0.1, 0.15) is 19.3 Å². The first kappa shape index (κ1) is 19.7. The number of thiazole rings is 1. The van der Waals surface area contributed by atoms with Crippen LogP contribution >= 0.6 is 11.3 Å². The number of nitrogens with zero attached hydrogens (tertiary/aromatic N) is 2. The lowest BCUT2D eigenvalue weighted by Gasteiger charge is -2.24. The molecule has 27 heavy (non-hydrogen) atoms. The Labute approximate surface area is 161 Å². The molecule has 2 heterocycles. The minimum atomic E-state index is -3.83. The summed E-state index contributed by atoms with van der Waals surface area (Å²) >= 11 is 1.57. The smallest absolute Gasteiger partial charge is 0.240 e. The maximum atomic E-state index is 13.2. The van der Waals surface area contributed by atoms with E-state index in [9.17, 15) is 17.6 Å². The van der Waals surface area contributed by atoms with Crippen LogP contribution in [0, 0.1) is 5.82 Å². The van der Waals surface area contributed by atoms with Crippen molar-refractivity contribution in [1.29, 1.82) is 0 Å². The number of aromatic nitrogens is 1. The Kier molecular flexibility index (Phi) is 6.40. The summed E-state index contributed by atoms with van der Waals surface area (Å²) in [6.07, 6.45) is 3.80. The maximum absolute atomic E-state index is 13.2. The number of carbonyl (C=O) groups is 1. The first-order valence-corrected chi connectivity index (χ1v) is 11.0. The van der Waals surface area contributed by atoms with Gasteiger partial charge >= 0.3 is 0 Å². The maximum Gasteiger partial charge on any atom is 0.240 e. The normalized spacial score (nSPS) is 17.2. The summed E-state index contributed by atoms with van der Waals surface area (Å²) in [5.74, 6) is -0.861. The van der Waals surface area contributed by atoms with Gasteiger partial charge in [0.25, 0.3) is 0 Å². The third kappa shape index (κ3) is 5.24. The van der Waals surface area contributed by atoms with Crippen molar-refractivity contribution in [3.63, 3.8) is 0 Å². The standard InChI is InChI=1S/C17H21FN4O3S2/c18-13-3-1-5-15(11-13)27(24,25)21-7-6-16(23)20-12-14-4-2-9-22(14)17-19-8-10-26-17/h1,3,5,8,10-11,14,21H,2,4,6-7,9,12H2,(H,20,23). The molecule has 0 bridgehead atoms. The van der Waals surface area contributed by atoms with Crippen LogP contribution in [0.25, 0.3) is 0 Å². The zero-order valence-corrected chi connectivity index (χ0v) is 16.2. The van der Waals surface area contributed by atoms with E-state index in [0.29, 0.717) is 6.54 Å². The van der Waals surface area contributed by atoms with E-state index in [1.165, 1.54) is 18.2 Å². The molecule has 7 nitrogen and oxygen atoms in total. The number of halogens is 1. The van der Waals surface area contributed by atoms with E-state index in [4.69, 9.17) is 0 Å². The third-order valence-electron chi connectivity index (χ3n) is 4.33. The van der Waals surface area contributed by atoms with Crippen molar-refractivity contribution in [3.8, 4) is 0 Å². The zero-order chi connectivity index (χ0) is 19.3. The summed E-state index contributed by atoms with van der Waals surface area (Å²) in [5, 5.41) is 5.73. The lowest BCUT2D eigenvalue weighted by molar-refractivity contribution is -0.120. The molecule has 1 aliphatic heterocycles. The van der Waals surface area contributed by atoms with Gasteiger partial charge in [0, 0.05) is 43.7 Å². The molecular weight excluding hydrogens is 391 g/mol. The first-order chi connectivity index (χ1) is 13.0. The third-order valence-corrected chi connectivity index (χ3v) is 6.59. The topological polar surface area (TPSA) is 91.4 Å². The summed E-state index contributed by atoms with van der Waals surface area (Å²) in [7, 11) is -3.83. The van der Waals surface area contributed by atoms with Gasteiger partial charge in [0.1, 0.15) is 5.82 Å². The van der Waals surface area contributed by atoms with Crippen molar-refractivity contribution >= 4 is 32.4 Å². The fourth-order valence-electron chi connectivity index (χ4n) is 2.99. The Morgan fingerprint density at radius 2 is 2.26 bits per heavy atom. The Bertz CT molecular complexity index is 874. The molecule has 1 aliphatic rings. The van der Waals surface area contributed by atoms with Gasteiger partial charge in [-0.3, -0.25) is 4.79 Å². The number of carbonyl (C=O) groups excluding carboxylic acids is 1. The molecule has 2 N–H and O–H groups in total.